The molecular weight excluding hydrogens is 901 g/mol. The highest BCUT2D eigenvalue weighted by molar-refractivity contribution is 5.95. The molecule has 2 aromatic heterocycles. The minimum absolute atomic E-state index is 0.0178. The largest absolute Gasteiger partial charge is 0.464 e. The first-order chi connectivity index (χ1) is 34.9. The molecule has 1 aromatic carbocycles. The lowest BCUT2D eigenvalue weighted by Crippen LogP contribution is -2.63. The van der Waals surface area contributed by atoms with Gasteiger partial charge in [0.25, 0.3) is 5.91 Å². The van der Waals surface area contributed by atoms with Crippen molar-refractivity contribution in [2.75, 3.05) is 90.0 Å². The van der Waals surface area contributed by atoms with Gasteiger partial charge in [-0.15, -0.1) is 0 Å². The summed E-state index contributed by atoms with van der Waals surface area (Å²) in [6.45, 7) is 22.8. The molecule has 1 saturated carbocycles. The average Bonchev–Trinajstić information content (AvgIpc) is 4.23. The summed E-state index contributed by atoms with van der Waals surface area (Å²) in [5.74, 6) is -0.0516. The average molecular weight is 985 g/mol. The van der Waals surface area contributed by atoms with Crippen LogP contribution in [0.2, 0.25) is 0 Å². The van der Waals surface area contributed by atoms with Crippen molar-refractivity contribution in [3.63, 3.8) is 0 Å². The van der Waals surface area contributed by atoms with Gasteiger partial charge in [0.1, 0.15) is 12.1 Å². The van der Waals surface area contributed by atoms with Crippen molar-refractivity contribution in [1.29, 1.82) is 0 Å². The van der Waals surface area contributed by atoms with Gasteiger partial charge in [-0.1, -0.05) is 59.1 Å². The van der Waals surface area contributed by atoms with E-state index in [1.54, 1.807) is 5.01 Å². The van der Waals surface area contributed by atoms with Gasteiger partial charge >= 0.3 is 5.97 Å². The molecule has 1 aliphatic carbocycles. The van der Waals surface area contributed by atoms with Crippen LogP contribution in [-0.2, 0) is 32.1 Å². The summed E-state index contributed by atoms with van der Waals surface area (Å²) in [5, 5.41) is 9.88. The number of cyclic esters (lactones) is 1. The Hall–Kier alpha value is -4.34. The SMILES string of the molecule is CCn1c(-c2cc(N3CCN4CCCC[C@@H]4C3)cnc2C(C)C)c2c3cc(ccc31)C1=CCCN(C1)C[C@H](NC(=O)[C@H](C1CCCC1)N1CC[C@]3(CCNC3)C1)C(=O)N1CCC[C@H](N1)C(=O)OCC(C)(C)C2. The minimum atomic E-state index is -0.785. The summed E-state index contributed by atoms with van der Waals surface area (Å²) in [6.07, 6.45) is 17.8. The second kappa shape index (κ2) is 20.8. The van der Waals surface area contributed by atoms with E-state index in [2.05, 4.69) is 111 Å². The van der Waals surface area contributed by atoms with Crippen molar-refractivity contribution in [2.45, 2.75) is 155 Å². The maximum absolute atomic E-state index is 15.0. The van der Waals surface area contributed by atoms with Gasteiger partial charge in [0.15, 0.2) is 0 Å². The third kappa shape index (κ3) is 10.0. The third-order valence-electron chi connectivity index (χ3n) is 18.4. The van der Waals surface area contributed by atoms with E-state index in [1.165, 1.54) is 70.4 Å². The first kappa shape index (κ1) is 49.9. The number of piperazine rings is 1. The first-order valence-electron chi connectivity index (χ1n) is 28.4. The number of hydrogen-bond acceptors (Lipinski definition) is 11. The fraction of sp³-hybridized carbons (Fsp3) is 0.690. The number of pyridine rings is 1. The van der Waals surface area contributed by atoms with Crippen molar-refractivity contribution < 1.29 is 19.1 Å². The van der Waals surface area contributed by atoms with Gasteiger partial charge in [-0.2, -0.15) is 0 Å². The van der Waals surface area contributed by atoms with Crippen LogP contribution in [0.25, 0.3) is 27.7 Å². The van der Waals surface area contributed by atoms with Gasteiger partial charge in [0, 0.05) is 93.4 Å². The summed E-state index contributed by atoms with van der Waals surface area (Å²) in [7, 11) is 0. The molecule has 7 aliphatic heterocycles. The summed E-state index contributed by atoms with van der Waals surface area (Å²) < 4.78 is 8.84. The molecule has 11 rings (SSSR count). The maximum Gasteiger partial charge on any atom is 0.324 e. The highest BCUT2D eigenvalue weighted by Gasteiger charge is 2.47. The van der Waals surface area contributed by atoms with Crippen molar-refractivity contribution in [3.05, 3.63) is 53.4 Å². The summed E-state index contributed by atoms with van der Waals surface area (Å²) in [4.78, 5) is 59.7. The number of esters is 1. The van der Waals surface area contributed by atoms with Gasteiger partial charge in [-0.25, -0.2) is 5.43 Å². The van der Waals surface area contributed by atoms with E-state index < -0.39 is 17.5 Å². The molecule has 0 radical (unpaired) electrons. The molecule has 72 heavy (non-hydrogen) atoms. The number of hydrazine groups is 1. The van der Waals surface area contributed by atoms with Crippen LogP contribution in [0.3, 0.4) is 0 Å². The van der Waals surface area contributed by atoms with E-state index in [1.807, 2.05) is 0 Å². The van der Waals surface area contributed by atoms with Crippen LogP contribution in [0.1, 0.15) is 134 Å². The number of anilines is 1. The Bertz CT molecular complexity index is 2520. The second-order valence-corrected chi connectivity index (χ2v) is 24.4. The maximum atomic E-state index is 15.0. The lowest BCUT2D eigenvalue weighted by atomic mass is 9.83. The Morgan fingerprint density at radius 3 is 2.60 bits per heavy atom. The van der Waals surface area contributed by atoms with Crippen LogP contribution in [0, 0.1) is 16.7 Å². The highest BCUT2D eigenvalue weighted by atomic mass is 16.5. The Labute approximate surface area is 429 Å². The molecule has 5 saturated heterocycles. The number of nitrogens with one attached hydrogen (secondary N) is 3. The number of nitrogens with zero attached hydrogens (tertiary/aromatic N) is 7. The molecule has 9 heterocycles. The number of fused-ring (bicyclic) bond motifs is 7. The van der Waals surface area contributed by atoms with Gasteiger partial charge in [0.2, 0.25) is 5.91 Å². The van der Waals surface area contributed by atoms with Crippen LogP contribution in [0.4, 0.5) is 5.69 Å². The minimum Gasteiger partial charge on any atom is -0.464 e. The zero-order chi connectivity index (χ0) is 49.7. The molecular formula is C58H84N10O4. The fourth-order valence-electron chi connectivity index (χ4n) is 14.5. The van der Waals surface area contributed by atoms with E-state index >= 15 is 9.59 Å². The van der Waals surface area contributed by atoms with Crippen LogP contribution < -0.4 is 21.0 Å². The molecule has 14 nitrogen and oxygen atoms in total. The molecule has 6 atom stereocenters. The number of piperidine rings is 1. The van der Waals surface area contributed by atoms with E-state index in [0.717, 1.165) is 110 Å². The van der Waals surface area contributed by atoms with E-state index in [-0.39, 0.29) is 47.7 Å². The molecule has 390 valence electrons. The third-order valence-corrected chi connectivity index (χ3v) is 18.4. The zero-order valence-electron chi connectivity index (χ0n) is 44.3. The Balaban J connectivity index is 0.954. The number of likely N-dealkylation sites (tertiary alicyclic amines) is 1. The predicted molar refractivity (Wildman–Crippen MR) is 285 cm³/mol. The van der Waals surface area contributed by atoms with Crippen LogP contribution in [0.5, 0.6) is 0 Å². The number of aromatic nitrogens is 2. The van der Waals surface area contributed by atoms with E-state index in [0.29, 0.717) is 44.9 Å². The van der Waals surface area contributed by atoms with Crippen molar-refractivity contribution in [2.24, 2.45) is 16.7 Å². The molecule has 8 aliphatic rings. The number of hydrogen-bond donors (Lipinski definition) is 3. The highest BCUT2D eigenvalue weighted by Crippen LogP contribution is 2.44. The molecule has 1 spiro atoms. The second-order valence-electron chi connectivity index (χ2n) is 24.4. The number of ether oxygens (including phenoxy) is 1. The molecule has 1 unspecified atom stereocenters. The number of rotatable bonds is 8. The Morgan fingerprint density at radius 1 is 0.944 bits per heavy atom. The summed E-state index contributed by atoms with van der Waals surface area (Å²) in [6, 6.07) is 8.36. The topological polar surface area (TPSA) is 131 Å². The normalized spacial score (nSPS) is 29.4. The molecule has 3 aromatic rings. The van der Waals surface area contributed by atoms with E-state index in [4.69, 9.17) is 9.72 Å². The van der Waals surface area contributed by atoms with Gasteiger partial charge in [-0.3, -0.25) is 39.1 Å². The molecule has 6 fully saturated rings. The standard InChI is InChI=1S/C58H84N10O4/c1-6-67-50-19-18-41-29-45(50)47(53(67)46-30-44(32-60-51(46)39(2)3)65-28-27-64-24-10-9-16-43(64)34-65)31-57(4,5)38-72-56(71)48-17-12-25-68(62-48)55(70)49(35-63-23-11-15-42(41)33-63)61-54(69)52(40-13-7-8-14-40)66-26-21-58(37-66)20-22-59-36-58/h15,18-19,29-30,32,39-40,43,48-49,52,59,62H,6-14,16-17,20-28,31,33-38H2,1-5H3,(H,61,69)/t43-,48+,49+,52+,58+/m1/s1. The molecule has 3 N–H and O–H groups in total. The Morgan fingerprint density at radius 2 is 1.79 bits per heavy atom. The monoisotopic (exact) mass is 985 g/mol. The van der Waals surface area contributed by atoms with Gasteiger partial charge in [0.05, 0.1) is 35.9 Å². The fourth-order valence-corrected chi connectivity index (χ4v) is 14.5. The van der Waals surface area contributed by atoms with E-state index in [9.17, 15) is 4.79 Å². The zero-order valence-corrected chi connectivity index (χ0v) is 44.3. The summed E-state index contributed by atoms with van der Waals surface area (Å²) in [5.41, 5.74) is 12.7. The first-order valence-corrected chi connectivity index (χ1v) is 28.4. The quantitative estimate of drug-likeness (QED) is 0.203. The van der Waals surface area contributed by atoms with Gasteiger partial charge in [-0.05, 0) is 143 Å². The van der Waals surface area contributed by atoms with Crippen LogP contribution in [-0.4, -0.2) is 156 Å². The van der Waals surface area contributed by atoms with Crippen molar-refractivity contribution >= 4 is 39.9 Å². The molecule has 14 heteroatoms. The number of amides is 2. The van der Waals surface area contributed by atoms with Crippen LogP contribution >= 0.6 is 0 Å². The summed E-state index contributed by atoms with van der Waals surface area (Å²) >= 11 is 0. The molecule has 6 bridgehead atoms. The predicted octanol–water partition coefficient (Wildman–Crippen LogP) is 6.96. The lowest BCUT2D eigenvalue weighted by molar-refractivity contribution is -0.155. The number of carbonyl (C=O) groups excluding carboxylic acids is 3. The van der Waals surface area contributed by atoms with Crippen molar-refractivity contribution in [3.8, 4) is 11.3 Å². The number of aryl methyl sites for hydroxylation is 1. The lowest BCUT2D eigenvalue weighted by Gasteiger charge is -2.45. The van der Waals surface area contributed by atoms with Gasteiger partial charge < -0.3 is 24.8 Å². The van der Waals surface area contributed by atoms with Crippen LogP contribution in [0.15, 0.2) is 36.5 Å². The number of benzene rings is 1. The Kier molecular flexibility index (Phi) is 14.4. The smallest absolute Gasteiger partial charge is 0.324 e. The van der Waals surface area contributed by atoms with Crippen molar-refractivity contribution in [1.82, 2.24) is 45.3 Å². The molecule has 2 amide bonds. The number of carbonyl (C=O) groups is 3.